The van der Waals surface area contributed by atoms with E-state index in [0.717, 1.165) is 25.5 Å². The molecule has 124 valence electrons. The fourth-order valence-electron chi connectivity index (χ4n) is 2.68. The molecule has 25 heavy (non-hydrogen) atoms. The highest BCUT2D eigenvalue weighted by Crippen LogP contribution is 2.30. The lowest BCUT2D eigenvalue weighted by atomic mass is 10.1. The third kappa shape index (κ3) is 3.46. The van der Waals surface area contributed by atoms with E-state index in [1.807, 2.05) is 66.7 Å². The molecule has 0 aliphatic rings. The van der Waals surface area contributed by atoms with Crippen LogP contribution in [-0.2, 0) is 4.79 Å². The Balaban J connectivity index is 1.47. The fraction of sp³-hybridized carbons (Fsp3) is 0.0500. The highest BCUT2D eigenvalue weighted by Gasteiger charge is 2.09. The van der Waals surface area contributed by atoms with Crippen molar-refractivity contribution in [3.8, 4) is 5.75 Å². The van der Waals surface area contributed by atoms with E-state index >= 15 is 0 Å². The van der Waals surface area contributed by atoms with Crippen molar-refractivity contribution in [2.24, 2.45) is 0 Å². The van der Waals surface area contributed by atoms with Gasteiger partial charge in [-0.1, -0.05) is 18.2 Å². The molecule has 0 unspecified atom stereocenters. The Bertz CT molecular complexity index is 1050. The summed E-state index contributed by atoms with van der Waals surface area (Å²) in [5, 5.41) is 4.93. The van der Waals surface area contributed by atoms with Crippen LogP contribution in [0.3, 0.4) is 0 Å². The quantitative estimate of drug-likeness (QED) is 0.441. The Morgan fingerprint density at radius 1 is 0.960 bits per heavy atom. The Morgan fingerprint density at radius 3 is 2.56 bits per heavy atom. The number of benzene rings is 3. The zero-order valence-corrected chi connectivity index (χ0v) is 15.3. The van der Waals surface area contributed by atoms with E-state index < -0.39 is 0 Å². The van der Waals surface area contributed by atoms with Gasteiger partial charge in [-0.25, -0.2) is 0 Å². The SMILES string of the molecule is O=C(COc1ccc(I)cc1)Nc1ccc2c(c1)oc1ccccc12. The van der Waals surface area contributed by atoms with Crippen LogP contribution in [0.15, 0.2) is 71.1 Å². The van der Waals surface area contributed by atoms with Gasteiger partial charge >= 0.3 is 0 Å². The van der Waals surface area contributed by atoms with Crippen LogP contribution in [0.25, 0.3) is 21.9 Å². The number of rotatable bonds is 4. The Labute approximate surface area is 157 Å². The van der Waals surface area contributed by atoms with Gasteiger partial charge in [0.15, 0.2) is 6.61 Å². The highest BCUT2D eigenvalue weighted by molar-refractivity contribution is 14.1. The molecular formula is C20H14INO3. The maximum Gasteiger partial charge on any atom is 0.262 e. The van der Waals surface area contributed by atoms with Gasteiger partial charge in [0.25, 0.3) is 5.91 Å². The average Bonchev–Trinajstić information content (AvgIpc) is 2.99. The first-order valence-corrected chi connectivity index (χ1v) is 8.86. The van der Waals surface area contributed by atoms with Crippen LogP contribution in [0, 0.1) is 3.57 Å². The topological polar surface area (TPSA) is 51.5 Å². The Morgan fingerprint density at radius 2 is 1.72 bits per heavy atom. The van der Waals surface area contributed by atoms with Gasteiger partial charge in [-0.05, 0) is 65.1 Å². The number of fused-ring (bicyclic) bond motifs is 3. The van der Waals surface area contributed by atoms with E-state index in [-0.39, 0.29) is 12.5 Å². The second-order valence-corrected chi connectivity index (χ2v) is 6.85. The lowest BCUT2D eigenvalue weighted by Gasteiger charge is -2.07. The normalized spacial score (nSPS) is 10.9. The number of halogens is 1. The summed E-state index contributed by atoms with van der Waals surface area (Å²) in [6.45, 7) is -0.0429. The molecule has 1 heterocycles. The second kappa shape index (κ2) is 6.76. The Kier molecular flexibility index (Phi) is 4.31. The number of para-hydroxylation sites is 1. The smallest absolute Gasteiger partial charge is 0.262 e. The summed E-state index contributed by atoms with van der Waals surface area (Å²) >= 11 is 2.22. The third-order valence-corrected chi connectivity index (χ3v) is 4.57. The summed E-state index contributed by atoms with van der Waals surface area (Å²) in [6.07, 6.45) is 0. The first-order valence-electron chi connectivity index (χ1n) is 7.78. The molecule has 1 aromatic heterocycles. The molecule has 1 amide bonds. The zero-order valence-electron chi connectivity index (χ0n) is 13.2. The van der Waals surface area contributed by atoms with Crippen LogP contribution in [0.2, 0.25) is 0 Å². The summed E-state index contributed by atoms with van der Waals surface area (Å²) in [7, 11) is 0. The molecule has 0 aliphatic heterocycles. The molecule has 0 saturated carbocycles. The fourth-order valence-corrected chi connectivity index (χ4v) is 3.04. The van der Waals surface area contributed by atoms with Crippen molar-refractivity contribution in [3.63, 3.8) is 0 Å². The molecule has 4 nitrogen and oxygen atoms in total. The summed E-state index contributed by atoms with van der Waals surface area (Å²) in [5.74, 6) is 0.456. The number of hydrogen-bond acceptors (Lipinski definition) is 3. The lowest BCUT2D eigenvalue weighted by molar-refractivity contribution is -0.118. The van der Waals surface area contributed by atoms with Gasteiger partial charge in [0, 0.05) is 26.1 Å². The van der Waals surface area contributed by atoms with E-state index in [1.165, 1.54) is 0 Å². The number of amides is 1. The van der Waals surface area contributed by atoms with Gasteiger partial charge in [-0.2, -0.15) is 0 Å². The van der Waals surface area contributed by atoms with Crippen LogP contribution in [0.5, 0.6) is 5.75 Å². The van der Waals surface area contributed by atoms with Crippen molar-refractivity contribution in [1.29, 1.82) is 0 Å². The molecule has 0 saturated heterocycles. The largest absolute Gasteiger partial charge is 0.484 e. The van der Waals surface area contributed by atoms with Crippen molar-refractivity contribution in [1.82, 2.24) is 0 Å². The van der Waals surface area contributed by atoms with Gasteiger partial charge in [-0.15, -0.1) is 0 Å². The minimum absolute atomic E-state index is 0.0429. The first-order chi connectivity index (χ1) is 12.2. The monoisotopic (exact) mass is 443 g/mol. The van der Waals surface area contributed by atoms with E-state index in [2.05, 4.69) is 27.9 Å². The molecule has 5 heteroatoms. The predicted octanol–water partition coefficient (Wildman–Crippen LogP) is 5.21. The summed E-state index contributed by atoms with van der Waals surface area (Å²) in [4.78, 5) is 12.1. The second-order valence-electron chi connectivity index (χ2n) is 5.60. The van der Waals surface area contributed by atoms with Crippen LogP contribution in [0.1, 0.15) is 0 Å². The van der Waals surface area contributed by atoms with Gasteiger partial charge in [-0.3, -0.25) is 4.79 Å². The molecule has 4 rings (SSSR count). The number of hydrogen-bond donors (Lipinski definition) is 1. The molecule has 4 aromatic rings. The minimum Gasteiger partial charge on any atom is -0.484 e. The molecule has 1 N–H and O–H groups in total. The first kappa shape index (κ1) is 16.0. The predicted molar refractivity (Wildman–Crippen MR) is 107 cm³/mol. The number of furan rings is 1. The molecule has 0 spiro atoms. The number of ether oxygens (including phenoxy) is 1. The number of nitrogens with one attached hydrogen (secondary N) is 1. The minimum atomic E-state index is -0.214. The maximum absolute atomic E-state index is 12.1. The standard InChI is InChI=1S/C20H14INO3/c21-13-5-8-15(9-6-13)24-12-20(23)22-14-7-10-17-16-3-1-2-4-18(16)25-19(17)11-14/h1-11H,12H2,(H,22,23). The number of anilines is 1. The molecule has 0 fully saturated rings. The van der Waals surface area contributed by atoms with Crippen molar-refractivity contribution < 1.29 is 13.9 Å². The van der Waals surface area contributed by atoms with Crippen LogP contribution in [0.4, 0.5) is 5.69 Å². The molecular weight excluding hydrogens is 429 g/mol. The Hall–Kier alpha value is -2.54. The van der Waals surface area contributed by atoms with Crippen molar-refractivity contribution in [2.45, 2.75) is 0 Å². The summed E-state index contributed by atoms with van der Waals surface area (Å²) in [6, 6.07) is 21.1. The molecule has 3 aromatic carbocycles. The molecule has 0 atom stereocenters. The van der Waals surface area contributed by atoms with Crippen molar-refractivity contribution in [3.05, 3.63) is 70.3 Å². The summed E-state index contributed by atoms with van der Waals surface area (Å²) in [5.41, 5.74) is 2.27. The van der Waals surface area contributed by atoms with Gasteiger partial charge < -0.3 is 14.5 Å². The van der Waals surface area contributed by atoms with E-state index in [0.29, 0.717) is 11.4 Å². The number of carbonyl (C=O) groups excluding carboxylic acids is 1. The van der Waals surface area contributed by atoms with Gasteiger partial charge in [0.05, 0.1) is 0 Å². The van der Waals surface area contributed by atoms with E-state index in [1.54, 1.807) is 0 Å². The van der Waals surface area contributed by atoms with E-state index in [9.17, 15) is 4.79 Å². The zero-order chi connectivity index (χ0) is 17.2. The lowest BCUT2D eigenvalue weighted by Crippen LogP contribution is -2.20. The molecule has 0 aliphatic carbocycles. The van der Waals surface area contributed by atoms with Gasteiger partial charge in [0.2, 0.25) is 0 Å². The highest BCUT2D eigenvalue weighted by atomic mass is 127. The number of carbonyl (C=O) groups is 1. The van der Waals surface area contributed by atoms with Crippen LogP contribution < -0.4 is 10.1 Å². The van der Waals surface area contributed by atoms with Crippen molar-refractivity contribution >= 4 is 56.1 Å². The van der Waals surface area contributed by atoms with Crippen molar-refractivity contribution in [2.75, 3.05) is 11.9 Å². The molecule has 0 bridgehead atoms. The molecule has 0 radical (unpaired) electrons. The van der Waals surface area contributed by atoms with Crippen LogP contribution >= 0.6 is 22.6 Å². The summed E-state index contributed by atoms with van der Waals surface area (Å²) < 4.78 is 12.4. The van der Waals surface area contributed by atoms with E-state index in [4.69, 9.17) is 9.15 Å². The third-order valence-electron chi connectivity index (χ3n) is 3.85. The maximum atomic E-state index is 12.1. The van der Waals surface area contributed by atoms with Gasteiger partial charge in [0.1, 0.15) is 16.9 Å². The van der Waals surface area contributed by atoms with Crippen LogP contribution in [-0.4, -0.2) is 12.5 Å². The average molecular weight is 443 g/mol.